The molecule has 0 spiro atoms. The third kappa shape index (κ3) is 6.64. The number of anilines is 2. The number of nitriles is 1. The van der Waals surface area contributed by atoms with Crippen LogP contribution in [0, 0.1) is 17.2 Å². The van der Waals surface area contributed by atoms with Crippen molar-refractivity contribution in [1.82, 2.24) is 29.6 Å². The molecule has 5 heterocycles. The fourth-order valence-electron chi connectivity index (χ4n) is 5.84. The Labute approximate surface area is 266 Å². The number of aryl methyl sites for hydroxylation is 1. The molecule has 47 heavy (non-hydrogen) atoms. The van der Waals surface area contributed by atoms with Gasteiger partial charge in [-0.1, -0.05) is 0 Å². The summed E-state index contributed by atoms with van der Waals surface area (Å²) in [5, 5.41) is 20.6. The number of carbonyl (C=O) groups is 1. The van der Waals surface area contributed by atoms with E-state index in [1.807, 2.05) is 0 Å². The van der Waals surface area contributed by atoms with Gasteiger partial charge in [0.15, 0.2) is 5.82 Å². The highest BCUT2D eigenvalue weighted by atomic mass is 19.4. The molecule has 0 radical (unpaired) electrons. The zero-order valence-electron chi connectivity index (χ0n) is 25.5. The minimum Gasteiger partial charge on any atom is -0.369 e. The lowest BCUT2D eigenvalue weighted by Gasteiger charge is -2.31. The summed E-state index contributed by atoms with van der Waals surface area (Å²) in [4.78, 5) is 25.6. The first-order valence-electron chi connectivity index (χ1n) is 14.9. The first kappa shape index (κ1) is 32.0. The summed E-state index contributed by atoms with van der Waals surface area (Å²) in [6.07, 6.45) is -0.775. The minimum absolute atomic E-state index is 0.00440. The summed E-state index contributed by atoms with van der Waals surface area (Å²) in [6.45, 7) is 1.64. The van der Waals surface area contributed by atoms with Crippen molar-refractivity contribution >= 4 is 17.5 Å². The monoisotopic (exact) mass is 651 g/mol. The topological polar surface area (TPSA) is 116 Å². The maximum absolute atomic E-state index is 14.4. The second kappa shape index (κ2) is 12.3. The molecule has 1 atom stereocenters. The van der Waals surface area contributed by atoms with Gasteiger partial charge in [0.05, 0.1) is 24.1 Å². The van der Waals surface area contributed by atoms with E-state index in [4.69, 9.17) is 0 Å². The molecule has 1 saturated heterocycles. The highest BCUT2D eigenvalue weighted by molar-refractivity contribution is 6.10. The molecule has 1 fully saturated rings. The van der Waals surface area contributed by atoms with Gasteiger partial charge < -0.3 is 9.88 Å². The van der Waals surface area contributed by atoms with Gasteiger partial charge in [-0.25, -0.2) is 13.8 Å². The van der Waals surface area contributed by atoms with E-state index in [-0.39, 0.29) is 74.0 Å². The number of alkyl halides is 5. The Hall–Kier alpha value is -4.97. The fraction of sp³-hybridized carbons (Fsp3) is 0.375. The van der Waals surface area contributed by atoms with Gasteiger partial charge in [0.25, 0.3) is 11.8 Å². The van der Waals surface area contributed by atoms with E-state index in [0.717, 1.165) is 6.07 Å². The lowest BCUT2D eigenvalue weighted by atomic mass is 9.98. The summed E-state index contributed by atoms with van der Waals surface area (Å²) < 4.78 is 72.4. The third-order valence-electron chi connectivity index (χ3n) is 8.38. The molecule has 6 rings (SSSR count). The van der Waals surface area contributed by atoms with Crippen LogP contribution in [0.15, 0.2) is 49.1 Å². The average molecular weight is 652 g/mol. The van der Waals surface area contributed by atoms with Gasteiger partial charge in [0, 0.05) is 75.2 Å². The van der Waals surface area contributed by atoms with Crippen LogP contribution < -0.4 is 10.2 Å². The zero-order valence-corrected chi connectivity index (χ0v) is 25.5. The molecule has 3 aromatic heterocycles. The van der Waals surface area contributed by atoms with Crippen LogP contribution in [0.5, 0.6) is 0 Å². The van der Waals surface area contributed by atoms with E-state index in [1.54, 1.807) is 60.4 Å². The quantitative estimate of drug-likeness (QED) is 0.234. The number of pyridine rings is 2. The molecule has 15 heteroatoms. The first-order chi connectivity index (χ1) is 22.3. The largest absolute Gasteiger partial charge is 0.416 e. The van der Waals surface area contributed by atoms with Crippen LogP contribution in [-0.2, 0) is 26.3 Å². The number of rotatable bonds is 8. The Morgan fingerprint density at radius 2 is 1.87 bits per heavy atom. The highest BCUT2D eigenvalue weighted by Gasteiger charge is 2.41. The van der Waals surface area contributed by atoms with Gasteiger partial charge in [-0.15, -0.1) is 10.2 Å². The Morgan fingerprint density at radius 1 is 1.11 bits per heavy atom. The second-order valence-electron chi connectivity index (χ2n) is 11.9. The van der Waals surface area contributed by atoms with Crippen molar-refractivity contribution in [3.05, 3.63) is 71.3 Å². The van der Waals surface area contributed by atoms with Crippen LogP contribution >= 0.6 is 0 Å². The van der Waals surface area contributed by atoms with Crippen LogP contribution in [0.4, 0.5) is 33.6 Å². The lowest BCUT2D eigenvalue weighted by molar-refractivity contribution is -0.138. The van der Waals surface area contributed by atoms with Crippen molar-refractivity contribution in [3.8, 4) is 28.6 Å². The second-order valence-corrected chi connectivity index (χ2v) is 11.9. The van der Waals surface area contributed by atoms with Gasteiger partial charge in [-0.2, -0.15) is 18.4 Å². The Bertz CT molecular complexity index is 1860. The summed E-state index contributed by atoms with van der Waals surface area (Å²) in [5.41, 5.74) is 0.806. The highest BCUT2D eigenvalue weighted by Crippen LogP contribution is 2.41. The van der Waals surface area contributed by atoms with E-state index in [2.05, 4.69) is 31.6 Å². The average Bonchev–Trinajstić information content (AvgIpc) is 3.62. The van der Waals surface area contributed by atoms with Crippen molar-refractivity contribution in [2.24, 2.45) is 13.0 Å². The SMILES string of the molecule is C[C@H](C#N)CNc1cc(-c2cnccc2-c2nncn2C)cc(N2Cc3c(cc(CN4CCC(F)(F)CC4)cc3C(F)(F)F)C2=O)n1. The smallest absolute Gasteiger partial charge is 0.369 e. The van der Waals surface area contributed by atoms with Crippen molar-refractivity contribution in [2.75, 3.05) is 29.9 Å². The normalized spacial score (nSPS) is 17.0. The number of halogens is 5. The van der Waals surface area contributed by atoms with Crippen LogP contribution in [0.25, 0.3) is 22.5 Å². The van der Waals surface area contributed by atoms with Crippen LogP contribution in [0.3, 0.4) is 0 Å². The maximum atomic E-state index is 14.4. The zero-order chi connectivity index (χ0) is 33.5. The van der Waals surface area contributed by atoms with Gasteiger partial charge in [0.2, 0.25) is 0 Å². The van der Waals surface area contributed by atoms with Crippen LogP contribution in [0.2, 0.25) is 0 Å². The van der Waals surface area contributed by atoms with E-state index < -0.39 is 23.6 Å². The standard InChI is InChI=1S/C32H30F5N9O/c1-19(13-38)14-40-27-11-21(24-15-39-6-3-22(24)29-43-41-18-44(29)2)12-28(42-27)46-17-25-23(30(46)47)9-20(10-26(25)32(35,36)37)16-45-7-4-31(33,34)5-8-45/h3,6,9-12,15,18-19H,4-5,7-8,14,16-17H2,1-2H3,(H,40,42)/t19-/m1/s1. The number of hydrogen-bond donors (Lipinski definition) is 1. The molecule has 2 aliphatic rings. The molecule has 4 aromatic rings. The van der Waals surface area contributed by atoms with Crippen molar-refractivity contribution in [1.29, 1.82) is 5.26 Å². The number of nitrogens with zero attached hydrogens (tertiary/aromatic N) is 8. The predicted molar refractivity (Wildman–Crippen MR) is 162 cm³/mol. The molecule has 1 amide bonds. The van der Waals surface area contributed by atoms with Crippen molar-refractivity contribution in [2.45, 2.75) is 45.0 Å². The molecule has 0 bridgehead atoms. The number of nitrogens with one attached hydrogen (secondary N) is 1. The van der Waals surface area contributed by atoms with E-state index in [1.165, 1.54) is 11.0 Å². The van der Waals surface area contributed by atoms with Crippen LogP contribution in [-0.4, -0.2) is 61.1 Å². The van der Waals surface area contributed by atoms with Gasteiger partial charge in [-0.3, -0.25) is 19.6 Å². The molecular weight excluding hydrogens is 621 g/mol. The molecular formula is C32H30F5N9O. The van der Waals surface area contributed by atoms with Gasteiger partial charge >= 0.3 is 6.18 Å². The Morgan fingerprint density at radius 3 is 2.55 bits per heavy atom. The predicted octanol–water partition coefficient (Wildman–Crippen LogP) is 5.92. The van der Waals surface area contributed by atoms with Crippen molar-refractivity contribution in [3.63, 3.8) is 0 Å². The Kier molecular flexibility index (Phi) is 8.39. The number of aromatic nitrogens is 5. The fourth-order valence-corrected chi connectivity index (χ4v) is 5.84. The molecule has 1 aromatic carbocycles. The molecule has 0 unspecified atom stereocenters. The number of benzene rings is 1. The third-order valence-corrected chi connectivity index (χ3v) is 8.38. The number of fused-ring (bicyclic) bond motifs is 1. The number of hydrogen-bond acceptors (Lipinski definition) is 8. The van der Waals surface area contributed by atoms with Crippen molar-refractivity contribution < 1.29 is 26.7 Å². The minimum atomic E-state index is -4.76. The number of piperidine rings is 1. The lowest BCUT2D eigenvalue weighted by Crippen LogP contribution is -2.38. The number of carbonyl (C=O) groups excluding carboxylic acids is 1. The number of amides is 1. The van der Waals surface area contributed by atoms with Crippen LogP contribution in [0.1, 0.15) is 46.8 Å². The Balaban J connectivity index is 1.40. The summed E-state index contributed by atoms with van der Waals surface area (Å²) in [7, 11) is 1.78. The molecule has 10 nitrogen and oxygen atoms in total. The summed E-state index contributed by atoms with van der Waals surface area (Å²) in [6, 6.07) is 9.62. The maximum Gasteiger partial charge on any atom is 0.416 e. The summed E-state index contributed by atoms with van der Waals surface area (Å²) >= 11 is 0. The molecule has 1 N–H and O–H groups in total. The molecule has 244 valence electrons. The summed E-state index contributed by atoms with van der Waals surface area (Å²) in [5.74, 6) is -2.91. The van der Waals surface area contributed by atoms with E-state index >= 15 is 0 Å². The van der Waals surface area contributed by atoms with E-state index in [9.17, 15) is 32.0 Å². The van der Waals surface area contributed by atoms with E-state index in [0.29, 0.717) is 28.3 Å². The number of likely N-dealkylation sites (tertiary alicyclic amines) is 1. The molecule has 0 saturated carbocycles. The van der Waals surface area contributed by atoms with Gasteiger partial charge in [-0.05, 0) is 53.9 Å². The first-order valence-corrected chi connectivity index (χ1v) is 14.9. The van der Waals surface area contributed by atoms with Gasteiger partial charge in [0.1, 0.15) is 18.0 Å². The molecule has 0 aliphatic carbocycles. The molecule has 2 aliphatic heterocycles.